The van der Waals surface area contributed by atoms with E-state index in [1.54, 1.807) is 6.07 Å². The number of unbranched alkanes of at least 4 members (excludes halogenated alkanes) is 2. The van der Waals surface area contributed by atoms with Gasteiger partial charge in [-0.1, -0.05) is 26.2 Å². The molecule has 0 aliphatic heterocycles. The van der Waals surface area contributed by atoms with Gasteiger partial charge in [0.15, 0.2) is 6.20 Å². The summed E-state index contributed by atoms with van der Waals surface area (Å²) in [5.74, 6) is -0.116. The first-order valence-corrected chi connectivity index (χ1v) is 6.00. The van der Waals surface area contributed by atoms with Gasteiger partial charge < -0.3 is 15.4 Å². The maximum atomic E-state index is 10.4. The summed E-state index contributed by atoms with van der Waals surface area (Å²) < 4.78 is 0. The molecule has 5 heteroatoms. The van der Waals surface area contributed by atoms with Crippen molar-refractivity contribution in [1.29, 1.82) is 0 Å². The normalized spacial score (nSPS) is 12.1. The van der Waals surface area contributed by atoms with Crippen LogP contribution in [0, 0.1) is 10.1 Å². The first kappa shape index (κ1) is 13.4. The highest BCUT2D eigenvalue weighted by Gasteiger charge is 2.07. The topological polar surface area (TPSA) is 68.1 Å². The molecule has 0 aliphatic rings. The van der Waals surface area contributed by atoms with Gasteiger partial charge in [-0.05, 0) is 29.3 Å². The first-order valence-electron chi connectivity index (χ1n) is 6.00. The number of rotatable bonds is 7. The van der Waals surface area contributed by atoms with E-state index in [4.69, 9.17) is 0 Å². The van der Waals surface area contributed by atoms with Gasteiger partial charge >= 0.3 is 5.82 Å². The molecule has 0 spiro atoms. The van der Waals surface area contributed by atoms with Gasteiger partial charge in [0.05, 0.1) is 5.69 Å². The van der Waals surface area contributed by atoms with Crippen LogP contribution in [0.3, 0.4) is 0 Å². The molecule has 94 valence electrons. The van der Waals surface area contributed by atoms with Crippen molar-refractivity contribution in [3.63, 3.8) is 0 Å². The standard InChI is InChI=1S/C12H19N3O2/c1-3-4-5-6-10(2)14-11-7-8-12(13-9-11)15(16)17/h7-10,14H,3-6H2,1-2H3. The van der Waals surface area contributed by atoms with Gasteiger partial charge in [-0.3, -0.25) is 0 Å². The van der Waals surface area contributed by atoms with Crippen LogP contribution in [0.15, 0.2) is 18.3 Å². The molecule has 0 saturated carbocycles. The van der Waals surface area contributed by atoms with Crippen molar-refractivity contribution < 1.29 is 4.92 Å². The molecule has 1 aromatic rings. The Balaban J connectivity index is 2.43. The molecule has 0 aliphatic carbocycles. The van der Waals surface area contributed by atoms with E-state index in [1.807, 2.05) is 0 Å². The van der Waals surface area contributed by atoms with E-state index in [9.17, 15) is 10.1 Å². The molecule has 0 radical (unpaired) electrons. The first-order chi connectivity index (χ1) is 8.13. The molecule has 0 bridgehead atoms. The lowest BCUT2D eigenvalue weighted by Crippen LogP contribution is -2.14. The number of nitrogens with one attached hydrogen (secondary N) is 1. The van der Waals surface area contributed by atoms with Crippen LogP contribution in [0.25, 0.3) is 0 Å². The van der Waals surface area contributed by atoms with E-state index in [0.29, 0.717) is 6.04 Å². The Hall–Kier alpha value is -1.65. The van der Waals surface area contributed by atoms with Crippen molar-refractivity contribution in [3.8, 4) is 0 Å². The van der Waals surface area contributed by atoms with Gasteiger partial charge in [-0.25, -0.2) is 0 Å². The van der Waals surface area contributed by atoms with Crippen LogP contribution < -0.4 is 5.32 Å². The number of nitrogens with zero attached hydrogens (tertiary/aromatic N) is 2. The molecule has 0 saturated heterocycles. The zero-order valence-electron chi connectivity index (χ0n) is 10.3. The lowest BCUT2D eigenvalue weighted by molar-refractivity contribution is -0.389. The fourth-order valence-corrected chi connectivity index (χ4v) is 1.64. The molecule has 5 nitrogen and oxygen atoms in total. The smallest absolute Gasteiger partial charge is 0.363 e. The summed E-state index contributed by atoms with van der Waals surface area (Å²) in [4.78, 5) is 13.7. The average Bonchev–Trinajstić information content (AvgIpc) is 2.30. The Morgan fingerprint density at radius 1 is 1.47 bits per heavy atom. The van der Waals surface area contributed by atoms with Gasteiger partial charge in [0.2, 0.25) is 0 Å². The minimum absolute atomic E-state index is 0.116. The number of pyridine rings is 1. The highest BCUT2D eigenvalue weighted by Crippen LogP contribution is 2.14. The van der Waals surface area contributed by atoms with Crippen molar-refractivity contribution in [1.82, 2.24) is 4.98 Å². The summed E-state index contributed by atoms with van der Waals surface area (Å²) in [6.07, 6.45) is 6.26. The van der Waals surface area contributed by atoms with Crippen molar-refractivity contribution in [2.75, 3.05) is 5.32 Å². The molecule has 17 heavy (non-hydrogen) atoms. The lowest BCUT2D eigenvalue weighted by Gasteiger charge is -2.13. The zero-order valence-corrected chi connectivity index (χ0v) is 10.3. The fourth-order valence-electron chi connectivity index (χ4n) is 1.64. The van der Waals surface area contributed by atoms with Crippen molar-refractivity contribution >= 4 is 11.5 Å². The van der Waals surface area contributed by atoms with E-state index in [-0.39, 0.29) is 5.82 Å². The second-order valence-electron chi connectivity index (χ2n) is 4.20. The molecular weight excluding hydrogens is 218 g/mol. The van der Waals surface area contributed by atoms with E-state index in [1.165, 1.54) is 31.5 Å². The minimum atomic E-state index is -0.492. The van der Waals surface area contributed by atoms with Crippen LogP contribution in [-0.2, 0) is 0 Å². The van der Waals surface area contributed by atoms with Gasteiger partial charge in [0.1, 0.15) is 0 Å². The van der Waals surface area contributed by atoms with E-state index < -0.39 is 4.92 Å². The van der Waals surface area contributed by atoms with E-state index in [0.717, 1.165) is 12.1 Å². The summed E-state index contributed by atoms with van der Waals surface area (Å²) in [5.41, 5.74) is 0.833. The van der Waals surface area contributed by atoms with E-state index in [2.05, 4.69) is 24.1 Å². The fraction of sp³-hybridized carbons (Fsp3) is 0.583. The van der Waals surface area contributed by atoms with Crippen LogP contribution in [-0.4, -0.2) is 15.9 Å². The van der Waals surface area contributed by atoms with Crippen LogP contribution in [0.5, 0.6) is 0 Å². The molecule has 1 aromatic heterocycles. The van der Waals surface area contributed by atoms with Gasteiger partial charge in [0.25, 0.3) is 0 Å². The monoisotopic (exact) mass is 237 g/mol. The largest absolute Gasteiger partial charge is 0.380 e. The average molecular weight is 237 g/mol. The zero-order chi connectivity index (χ0) is 12.7. The predicted molar refractivity (Wildman–Crippen MR) is 68.1 cm³/mol. The summed E-state index contributed by atoms with van der Waals surface area (Å²) in [5, 5.41) is 13.7. The quantitative estimate of drug-likeness (QED) is 0.448. The minimum Gasteiger partial charge on any atom is -0.380 e. The molecule has 1 N–H and O–H groups in total. The SMILES string of the molecule is CCCCCC(C)Nc1ccc([N+](=O)[O-])nc1. The Kier molecular flexibility index (Phi) is 5.39. The molecule has 1 atom stereocenters. The third-order valence-corrected chi connectivity index (χ3v) is 2.59. The maximum absolute atomic E-state index is 10.4. The van der Waals surface area contributed by atoms with Gasteiger partial charge in [-0.15, -0.1) is 0 Å². The van der Waals surface area contributed by atoms with Crippen LogP contribution in [0.4, 0.5) is 11.5 Å². The highest BCUT2D eigenvalue weighted by atomic mass is 16.6. The third kappa shape index (κ3) is 4.80. The maximum Gasteiger partial charge on any atom is 0.363 e. The van der Waals surface area contributed by atoms with Crippen molar-refractivity contribution in [3.05, 3.63) is 28.4 Å². The second-order valence-corrected chi connectivity index (χ2v) is 4.20. The summed E-state index contributed by atoms with van der Waals surface area (Å²) in [7, 11) is 0. The number of hydrogen-bond acceptors (Lipinski definition) is 4. The van der Waals surface area contributed by atoms with Crippen molar-refractivity contribution in [2.45, 2.75) is 45.6 Å². The number of aromatic nitrogens is 1. The third-order valence-electron chi connectivity index (χ3n) is 2.59. The molecule has 1 rings (SSSR count). The highest BCUT2D eigenvalue weighted by molar-refractivity contribution is 5.44. The van der Waals surface area contributed by atoms with Crippen LogP contribution in [0.1, 0.15) is 39.5 Å². The summed E-state index contributed by atoms with van der Waals surface area (Å²) >= 11 is 0. The Morgan fingerprint density at radius 2 is 2.24 bits per heavy atom. The van der Waals surface area contributed by atoms with Crippen LogP contribution >= 0.6 is 0 Å². The Labute approximate surface area is 101 Å². The molecule has 1 unspecified atom stereocenters. The van der Waals surface area contributed by atoms with Gasteiger partial charge in [-0.2, -0.15) is 0 Å². The lowest BCUT2D eigenvalue weighted by atomic mass is 10.1. The van der Waals surface area contributed by atoms with Crippen molar-refractivity contribution in [2.24, 2.45) is 0 Å². The Morgan fingerprint density at radius 3 is 2.76 bits per heavy atom. The van der Waals surface area contributed by atoms with E-state index >= 15 is 0 Å². The Bertz CT molecular complexity index is 351. The predicted octanol–water partition coefficient (Wildman–Crippen LogP) is 3.37. The molecule has 0 amide bonds. The number of hydrogen-bond donors (Lipinski definition) is 1. The molecular formula is C12H19N3O2. The summed E-state index contributed by atoms with van der Waals surface area (Å²) in [6, 6.07) is 3.48. The molecule has 0 fully saturated rings. The van der Waals surface area contributed by atoms with Crippen LogP contribution in [0.2, 0.25) is 0 Å². The molecule has 0 aromatic carbocycles. The number of nitro groups is 1. The summed E-state index contributed by atoms with van der Waals surface area (Å²) in [6.45, 7) is 4.29. The second kappa shape index (κ2) is 6.83. The molecule has 1 heterocycles. The number of anilines is 1. The van der Waals surface area contributed by atoms with Gasteiger partial charge in [0, 0.05) is 12.1 Å².